The standard InChI is InChI=1S/C48H67NO16S2/c1-24(2)18-30(49-43(57)65-44(5,6)7)37(54)31(51)19-27-22-48(58)41(63-42(56)29-20-28(59-11)14-15-32(29)60-12)39-46(10,33(52)21-34-47(39,23-61-34)64-26(4)50)40(55)38(36(25(27)3)45(48,8)9)62-35(53)16-17-67-66-13/h14-15,18,20,27,30,33-34,37-39,41,52,54,58H,16-17,19,21-23H2,1-13H3,(H,49,57)/t27-,30-,33-,34+,37+,38+,39-,41-,46+,47-,48+/m0/s1. The molecule has 2 saturated carbocycles. The van der Waals surface area contributed by atoms with Crippen LogP contribution in [0.5, 0.6) is 11.5 Å². The van der Waals surface area contributed by atoms with Crippen LogP contribution in [0, 0.1) is 22.7 Å². The lowest BCUT2D eigenvalue weighted by Gasteiger charge is -2.67. The molecule has 0 unspecified atom stereocenters. The van der Waals surface area contributed by atoms with Crippen molar-refractivity contribution in [3.63, 3.8) is 0 Å². The van der Waals surface area contributed by atoms with Crippen molar-refractivity contribution in [2.75, 3.05) is 32.8 Å². The summed E-state index contributed by atoms with van der Waals surface area (Å²) in [5, 5.41) is 40.6. The van der Waals surface area contributed by atoms with Gasteiger partial charge in [0.1, 0.15) is 46.6 Å². The molecule has 1 aromatic rings. The third-order valence-corrected chi connectivity index (χ3v) is 15.6. The zero-order valence-corrected chi connectivity index (χ0v) is 42.3. The van der Waals surface area contributed by atoms with E-state index in [4.69, 9.17) is 33.2 Å². The molecule has 372 valence electrons. The highest BCUT2D eigenvalue weighted by atomic mass is 33.1. The molecule has 1 aromatic carbocycles. The molecule has 0 radical (unpaired) electrons. The van der Waals surface area contributed by atoms with Gasteiger partial charge in [0.25, 0.3) is 0 Å². The number of methoxy groups -OCH3 is 2. The van der Waals surface area contributed by atoms with Gasteiger partial charge in [0.05, 0.1) is 50.7 Å². The first kappa shape index (κ1) is 53.8. The first-order valence-electron chi connectivity index (χ1n) is 22.2. The fourth-order valence-corrected chi connectivity index (χ4v) is 11.6. The lowest BCUT2D eigenvalue weighted by atomic mass is 9.44. The molecule has 0 aromatic heterocycles. The maximum absolute atomic E-state index is 15.9. The smallest absolute Gasteiger partial charge is 0.408 e. The third-order valence-electron chi connectivity index (χ3n) is 13.8. The number of rotatable bonds is 16. The summed E-state index contributed by atoms with van der Waals surface area (Å²) in [6, 6.07) is 3.16. The van der Waals surface area contributed by atoms with E-state index in [1.54, 1.807) is 61.5 Å². The van der Waals surface area contributed by atoms with Gasteiger partial charge in [0.2, 0.25) is 0 Å². The van der Waals surface area contributed by atoms with Crippen LogP contribution in [0.25, 0.3) is 0 Å². The first-order valence-corrected chi connectivity index (χ1v) is 25.0. The molecule has 4 N–H and O–H groups in total. The minimum atomic E-state index is -2.36. The van der Waals surface area contributed by atoms with E-state index in [0.29, 0.717) is 16.9 Å². The maximum Gasteiger partial charge on any atom is 0.408 e. The molecule has 3 aliphatic carbocycles. The van der Waals surface area contributed by atoms with Gasteiger partial charge in [-0.1, -0.05) is 52.7 Å². The Morgan fingerprint density at radius 1 is 1.04 bits per heavy atom. The SMILES string of the molecule is COc1ccc(OC)c(C(=O)O[C@H]2[C@@H]3[C@]4(OC(C)=O)CO[C@@H]4C[C@H](O)[C@@]3(C)C(=O)[C@H](OC(=O)CCSSC)C3=C(C)[C@@H](CC(=O)[C@H](O)[C@H](C=C(C)C)NC(=O)OC(C)(C)C)C[C@]2(O)C3(C)C)c1. The number of hydrogen-bond acceptors (Lipinski definition) is 18. The number of carbonyl (C=O) groups excluding carboxylic acids is 6. The van der Waals surface area contributed by atoms with Gasteiger partial charge in [0.15, 0.2) is 23.3 Å². The molecule has 17 nitrogen and oxygen atoms in total. The summed E-state index contributed by atoms with van der Waals surface area (Å²) in [5.41, 5.74) is -7.82. The number of ketones is 2. The summed E-state index contributed by atoms with van der Waals surface area (Å²) >= 11 is 0. The Kier molecular flexibility index (Phi) is 16.4. The fourth-order valence-electron chi connectivity index (χ4n) is 10.5. The number of fused-ring (bicyclic) bond motifs is 5. The van der Waals surface area contributed by atoms with Crippen LogP contribution >= 0.6 is 21.6 Å². The lowest BCUT2D eigenvalue weighted by molar-refractivity contribution is -0.345. The van der Waals surface area contributed by atoms with Crippen LogP contribution < -0.4 is 14.8 Å². The summed E-state index contributed by atoms with van der Waals surface area (Å²) in [6.45, 7) is 15.5. The predicted octanol–water partition coefficient (Wildman–Crippen LogP) is 5.49. The summed E-state index contributed by atoms with van der Waals surface area (Å²) in [5.74, 6) is -6.17. The molecule has 4 aliphatic rings. The van der Waals surface area contributed by atoms with E-state index in [1.165, 1.54) is 60.9 Å². The summed E-state index contributed by atoms with van der Waals surface area (Å²) in [4.78, 5) is 85.3. The summed E-state index contributed by atoms with van der Waals surface area (Å²) in [6.07, 6.45) is -6.86. The Bertz CT molecular complexity index is 2160. The van der Waals surface area contributed by atoms with Crippen LogP contribution in [-0.4, -0.2) is 137 Å². The Morgan fingerprint density at radius 3 is 2.27 bits per heavy atom. The number of aliphatic hydroxyl groups excluding tert-OH is 2. The van der Waals surface area contributed by atoms with Gasteiger partial charge in [0, 0.05) is 30.9 Å². The Balaban J connectivity index is 1.78. The topological polar surface area (TPSA) is 240 Å². The minimum absolute atomic E-state index is 0.0695. The Morgan fingerprint density at radius 2 is 1.72 bits per heavy atom. The number of benzene rings is 1. The van der Waals surface area contributed by atoms with Crippen molar-refractivity contribution >= 4 is 57.2 Å². The van der Waals surface area contributed by atoms with E-state index in [1.807, 2.05) is 6.26 Å². The summed E-state index contributed by atoms with van der Waals surface area (Å²) in [7, 11) is 5.57. The molecule has 19 heteroatoms. The quantitative estimate of drug-likeness (QED) is 0.0527. The van der Waals surface area contributed by atoms with Gasteiger partial charge in [-0.2, -0.15) is 0 Å². The van der Waals surface area contributed by atoms with Gasteiger partial charge in [-0.15, -0.1) is 0 Å². The maximum atomic E-state index is 15.9. The lowest BCUT2D eigenvalue weighted by Crippen LogP contribution is -2.81. The van der Waals surface area contributed by atoms with E-state index in [9.17, 15) is 39.3 Å². The number of Topliss-reactive ketones (excluding diaryl/α,β-unsaturated/α-hetero) is 2. The van der Waals surface area contributed by atoms with Crippen molar-refractivity contribution in [1.29, 1.82) is 0 Å². The van der Waals surface area contributed by atoms with Crippen molar-refractivity contribution in [2.24, 2.45) is 22.7 Å². The van der Waals surface area contributed by atoms with Crippen LogP contribution in [0.1, 0.15) is 105 Å². The molecule has 67 heavy (non-hydrogen) atoms. The van der Waals surface area contributed by atoms with E-state index < -0.39 is 118 Å². The molecular weight excluding hydrogens is 911 g/mol. The number of amides is 1. The van der Waals surface area contributed by atoms with E-state index in [2.05, 4.69) is 5.32 Å². The number of esters is 3. The molecule has 1 aliphatic heterocycles. The number of alkyl carbamates (subject to hydrolysis) is 1. The van der Waals surface area contributed by atoms with Gasteiger partial charge < -0.3 is 53.8 Å². The Hall–Kier alpha value is -4.14. The molecule has 5 rings (SSSR count). The highest BCUT2D eigenvalue weighted by Gasteiger charge is 2.78. The van der Waals surface area contributed by atoms with Crippen molar-refractivity contribution in [3.8, 4) is 11.5 Å². The number of ether oxygens (including phenoxy) is 7. The zero-order valence-electron chi connectivity index (χ0n) is 40.6. The zero-order chi connectivity index (χ0) is 50.2. The van der Waals surface area contributed by atoms with Crippen molar-refractivity contribution in [2.45, 2.75) is 148 Å². The molecule has 11 atom stereocenters. The molecule has 3 fully saturated rings. The van der Waals surface area contributed by atoms with Gasteiger partial charge in [-0.3, -0.25) is 19.2 Å². The molecule has 2 bridgehead atoms. The van der Waals surface area contributed by atoms with Crippen molar-refractivity contribution in [3.05, 3.63) is 46.6 Å². The molecule has 1 amide bonds. The van der Waals surface area contributed by atoms with Gasteiger partial charge in [-0.25, -0.2) is 9.59 Å². The third kappa shape index (κ3) is 10.4. The predicted molar refractivity (Wildman–Crippen MR) is 248 cm³/mol. The second-order valence-corrected chi connectivity index (χ2v) is 22.5. The molecule has 1 saturated heterocycles. The molecule has 1 heterocycles. The van der Waals surface area contributed by atoms with E-state index >= 15 is 4.79 Å². The first-order chi connectivity index (χ1) is 31.1. The minimum Gasteiger partial charge on any atom is -0.497 e. The highest BCUT2D eigenvalue weighted by molar-refractivity contribution is 8.76. The van der Waals surface area contributed by atoms with Crippen LogP contribution in [0.3, 0.4) is 0 Å². The highest BCUT2D eigenvalue weighted by Crippen LogP contribution is 2.65. The van der Waals surface area contributed by atoms with Crippen LogP contribution in [-0.2, 0) is 42.9 Å². The number of allylic oxidation sites excluding steroid dienone is 2. The average Bonchev–Trinajstić information content (AvgIpc) is 3.22. The number of aliphatic hydroxyl groups is 3. The van der Waals surface area contributed by atoms with Crippen molar-refractivity contribution in [1.82, 2.24) is 5.32 Å². The number of hydrogen-bond donors (Lipinski definition) is 4. The largest absolute Gasteiger partial charge is 0.497 e. The van der Waals surface area contributed by atoms with Gasteiger partial charge in [-0.05, 0) is 90.8 Å². The second kappa shape index (κ2) is 20.4. The fraction of sp³-hybridized carbons (Fsp3) is 0.667. The number of carbonyl (C=O) groups is 6. The van der Waals surface area contributed by atoms with Crippen LogP contribution in [0.2, 0.25) is 0 Å². The van der Waals surface area contributed by atoms with Crippen molar-refractivity contribution < 1.29 is 77.2 Å². The van der Waals surface area contributed by atoms with Gasteiger partial charge >= 0.3 is 24.0 Å². The normalized spacial score (nSPS) is 30.6. The van der Waals surface area contributed by atoms with Crippen LogP contribution in [0.4, 0.5) is 4.79 Å². The number of nitrogens with one attached hydrogen (secondary N) is 1. The van der Waals surface area contributed by atoms with Crippen LogP contribution in [0.15, 0.2) is 41.0 Å². The Labute approximate surface area is 400 Å². The van der Waals surface area contributed by atoms with E-state index in [0.717, 1.165) is 6.92 Å². The van der Waals surface area contributed by atoms with E-state index in [-0.39, 0.29) is 48.5 Å². The second-order valence-electron chi connectivity index (χ2n) is 19.8. The monoisotopic (exact) mass is 977 g/mol. The molecule has 0 spiro atoms. The summed E-state index contributed by atoms with van der Waals surface area (Å²) < 4.78 is 41.3. The average molecular weight is 978 g/mol. The molecular formula is C48H67NO16S2.